The second kappa shape index (κ2) is 8.42. The van der Waals surface area contributed by atoms with Crippen molar-refractivity contribution in [2.24, 2.45) is 5.92 Å². The van der Waals surface area contributed by atoms with Gasteiger partial charge in [0.05, 0.1) is 25.2 Å². The third-order valence-corrected chi connectivity index (χ3v) is 6.73. The summed E-state index contributed by atoms with van der Waals surface area (Å²) in [5.41, 5.74) is 0.804. The Morgan fingerprint density at radius 3 is 2.68 bits per heavy atom. The van der Waals surface area contributed by atoms with E-state index in [4.69, 9.17) is 18.9 Å². The Bertz CT molecular complexity index is 598. The van der Waals surface area contributed by atoms with Gasteiger partial charge in [-0.2, -0.15) is 0 Å². The van der Waals surface area contributed by atoms with Crippen LogP contribution in [0.1, 0.15) is 60.3 Å². The van der Waals surface area contributed by atoms with Gasteiger partial charge in [-0.15, -0.1) is 0 Å². The monoisotopic (exact) mass is 395 g/mol. The van der Waals surface area contributed by atoms with E-state index in [0.717, 1.165) is 32.3 Å². The first kappa shape index (κ1) is 21.8. The van der Waals surface area contributed by atoms with Gasteiger partial charge in [0.15, 0.2) is 0 Å². The van der Waals surface area contributed by atoms with E-state index in [1.165, 1.54) is 5.57 Å². The molecule has 2 saturated heterocycles. The van der Waals surface area contributed by atoms with Crippen LogP contribution in [0.2, 0.25) is 0 Å². The lowest BCUT2D eigenvalue weighted by atomic mass is 9.68. The minimum atomic E-state index is -0.302. The second-order valence-corrected chi connectivity index (χ2v) is 9.10. The van der Waals surface area contributed by atoms with Crippen molar-refractivity contribution in [2.75, 3.05) is 20.3 Å². The van der Waals surface area contributed by atoms with Gasteiger partial charge in [-0.1, -0.05) is 18.6 Å². The second-order valence-electron chi connectivity index (χ2n) is 9.10. The van der Waals surface area contributed by atoms with Crippen molar-refractivity contribution in [3.05, 3.63) is 11.6 Å². The molecule has 0 aromatic rings. The van der Waals surface area contributed by atoms with Crippen molar-refractivity contribution in [1.29, 1.82) is 0 Å². The number of epoxide rings is 2. The average molecular weight is 396 g/mol. The Morgan fingerprint density at radius 1 is 1.39 bits per heavy atom. The van der Waals surface area contributed by atoms with Crippen LogP contribution in [0.3, 0.4) is 0 Å². The molecule has 160 valence electrons. The Hall–Kier alpha value is -0.950. The van der Waals surface area contributed by atoms with Gasteiger partial charge in [0.1, 0.15) is 23.4 Å². The highest BCUT2D eigenvalue weighted by Crippen LogP contribution is 2.59. The van der Waals surface area contributed by atoms with Crippen molar-refractivity contribution in [1.82, 2.24) is 5.32 Å². The molecule has 3 aliphatic rings. The van der Waals surface area contributed by atoms with E-state index in [9.17, 15) is 4.79 Å². The molecule has 1 N–H and O–H groups in total. The maximum atomic E-state index is 12.4. The summed E-state index contributed by atoms with van der Waals surface area (Å²) < 4.78 is 23.9. The molecule has 28 heavy (non-hydrogen) atoms. The van der Waals surface area contributed by atoms with Crippen LogP contribution in [-0.4, -0.2) is 61.8 Å². The van der Waals surface area contributed by atoms with E-state index in [2.05, 4.69) is 46.0 Å². The molecule has 0 radical (unpaired) electrons. The first-order chi connectivity index (χ1) is 13.3. The Labute approximate surface area is 169 Å². The summed E-state index contributed by atoms with van der Waals surface area (Å²) >= 11 is 0. The highest BCUT2D eigenvalue weighted by molar-refractivity contribution is 5.72. The molecule has 2 heterocycles. The maximum Gasteiger partial charge on any atom is 0.320 e. The zero-order chi connectivity index (χ0) is 20.5. The lowest BCUT2D eigenvalue weighted by molar-refractivity contribution is -0.171. The fraction of sp³-hybridized carbons (Fsp3) is 0.864. The molecule has 1 spiro atoms. The number of hydrogen-bond donors (Lipinski definition) is 1. The van der Waals surface area contributed by atoms with E-state index in [0.29, 0.717) is 6.04 Å². The first-order valence-electron chi connectivity index (χ1n) is 10.7. The van der Waals surface area contributed by atoms with Crippen molar-refractivity contribution < 1.29 is 23.7 Å². The summed E-state index contributed by atoms with van der Waals surface area (Å²) in [5, 5.41) is 3.20. The van der Waals surface area contributed by atoms with Gasteiger partial charge in [-0.05, 0) is 53.4 Å². The number of allylic oxidation sites excluding steroid dienone is 1. The topological polar surface area (TPSA) is 72.6 Å². The van der Waals surface area contributed by atoms with Crippen LogP contribution < -0.4 is 5.32 Å². The van der Waals surface area contributed by atoms with E-state index in [1.54, 1.807) is 7.11 Å². The zero-order valence-corrected chi connectivity index (χ0v) is 18.2. The molecule has 7 atom stereocenters. The molecule has 6 heteroatoms. The molecule has 0 amide bonds. The Balaban J connectivity index is 1.67. The van der Waals surface area contributed by atoms with Crippen molar-refractivity contribution in [3.63, 3.8) is 0 Å². The molecule has 1 unspecified atom stereocenters. The molecular formula is C22H37NO5. The van der Waals surface area contributed by atoms with Gasteiger partial charge >= 0.3 is 5.97 Å². The Morgan fingerprint density at radius 2 is 2.11 bits per heavy atom. The summed E-state index contributed by atoms with van der Waals surface area (Å²) in [6.07, 6.45) is 5.41. The summed E-state index contributed by atoms with van der Waals surface area (Å²) in [5.74, 6) is -0.156. The van der Waals surface area contributed by atoms with Crippen molar-refractivity contribution >= 4 is 5.97 Å². The molecule has 0 bridgehead atoms. The average Bonchev–Trinajstić information content (AvgIpc) is 3.57. The lowest BCUT2D eigenvalue weighted by Gasteiger charge is -2.42. The fourth-order valence-electron chi connectivity index (χ4n) is 4.68. The van der Waals surface area contributed by atoms with Crippen LogP contribution in [0.5, 0.6) is 0 Å². The molecule has 3 fully saturated rings. The van der Waals surface area contributed by atoms with Crippen LogP contribution in [-0.2, 0) is 23.7 Å². The van der Waals surface area contributed by atoms with Crippen LogP contribution in [0, 0.1) is 5.92 Å². The van der Waals surface area contributed by atoms with Crippen LogP contribution in [0.25, 0.3) is 0 Å². The third-order valence-electron chi connectivity index (χ3n) is 6.73. The predicted molar refractivity (Wildman–Crippen MR) is 107 cm³/mol. The summed E-state index contributed by atoms with van der Waals surface area (Å²) in [7, 11) is 1.70. The zero-order valence-electron chi connectivity index (χ0n) is 18.2. The molecule has 1 aliphatic carbocycles. The smallest absolute Gasteiger partial charge is 0.320 e. The number of carbonyl (C=O) groups excluding carboxylic acids is 1. The number of ether oxygens (including phenoxy) is 4. The third kappa shape index (κ3) is 4.45. The fourth-order valence-corrected chi connectivity index (χ4v) is 4.68. The molecule has 6 nitrogen and oxygen atoms in total. The predicted octanol–water partition coefficient (Wildman–Crippen LogP) is 2.99. The standard InChI is InChI=1S/C22H37NO5/c1-7-15(4)23-12-18(24)27-16-10-11-22(13-26-22)20(19(16)25-6)21(5)17(28-21)9-8-14(2)3/h8,15-17,19-20,23H,7,9-13H2,1-6H3/t15?,16-,17-,19-,20-,21-,22+/m1/s1. The minimum Gasteiger partial charge on any atom is -0.459 e. The summed E-state index contributed by atoms with van der Waals surface area (Å²) in [6, 6.07) is 0.294. The Kier molecular flexibility index (Phi) is 6.54. The van der Waals surface area contributed by atoms with E-state index in [1.807, 2.05) is 0 Å². The van der Waals surface area contributed by atoms with Crippen molar-refractivity contribution in [2.45, 2.75) is 95.9 Å². The number of nitrogens with one attached hydrogen (secondary N) is 1. The summed E-state index contributed by atoms with van der Waals surface area (Å²) in [6.45, 7) is 11.5. The number of methoxy groups -OCH3 is 1. The normalized spacial score (nSPS) is 40.1. The number of hydrogen-bond acceptors (Lipinski definition) is 6. The molecular weight excluding hydrogens is 358 g/mol. The van der Waals surface area contributed by atoms with Gasteiger partial charge in [0, 0.05) is 13.2 Å². The van der Waals surface area contributed by atoms with E-state index < -0.39 is 0 Å². The largest absolute Gasteiger partial charge is 0.459 e. The molecule has 0 aromatic heterocycles. The van der Waals surface area contributed by atoms with Gasteiger partial charge in [0.25, 0.3) is 0 Å². The maximum absolute atomic E-state index is 12.4. The van der Waals surface area contributed by atoms with Gasteiger partial charge in [0.2, 0.25) is 0 Å². The number of esters is 1. The molecule has 2 aliphatic heterocycles. The quantitative estimate of drug-likeness (QED) is 0.368. The van der Waals surface area contributed by atoms with E-state index in [-0.39, 0.29) is 47.9 Å². The van der Waals surface area contributed by atoms with Crippen molar-refractivity contribution in [3.8, 4) is 0 Å². The highest BCUT2D eigenvalue weighted by Gasteiger charge is 2.72. The number of carbonyl (C=O) groups is 1. The molecule has 1 saturated carbocycles. The van der Waals surface area contributed by atoms with Crippen LogP contribution >= 0.6 is 0 Å². The van der Waals surface area contributed by atoms with Crippen LogP contribution in [0.15, 0.2) is 11.6 Å². The number of rotatable bonds is 9. The van der Waals surface area contributed by atoms with Gasteiger partial charge in [-0.25, -0.2) is 0 Å². The lowest BCUT2D eigenvalue weighted by Crippen LogP contribution is -2.56. The van der Waals surface area contributed by atoms with Crippen LogP contribution in [0.4, 0.5) is 0 Å². The molecule has 3 rings (SSSR count). The first-order valence-corrected chi connectivity index (χ1v) is 10.7. The minimum absolute atomic E-state index is 0.0645. The van der Waals surface area contributed by atoms with Gasteiger partial charge in [-0.3, -0.25) is 4.79 Å². The summed E-state index contributed by atoms with van der Waals surface area (Å²) in [4.78, 5) is 12.4. The van der Waals surface area contributed by atoms with E-state index >= 15 is 0 Å². The highest BCUT2D eigenvalue weighted by atomic mass is 16.6. The SMILES string of the molecule is CCC(C)NCC(=O)O[C@@H]1CC[C@]2(CO2)[C@@H]([C@]2(C)O[C@@H]2CC=C(C)C)[C@@H]1OC. The van der Waals surface area contributed by atoms with Gasteiger partial charge < -0.3 is 24.3 Å². The molecule has 0 aromatic carbocycles.